The summed E-state index contributed by atoms with van der Waals surface area (Å²) in [5.74, 6) is 1.40. The van der Waals surface area contributed by atoms with Crippen LogP contribution in [0.25, 0.3) is 0 Å². The minimum atomic E-state index is -0.466. The van der Waals surface area contributed by atoms with Crippen molar-refractivity contribution in [2.75, 3.05) is 6.61 Å². The number of aliphatic hydroxyl groups excluding tert-OH is 1. The van der Waals surface area contributed by atoms with Gasteiger partial charge in [-0.15, -0.1) is 0 Å². The fourth-order valence-corrected chi connectivity index (χ4v) is 3.31. The van der Waals surface area contributed by atoms with E-state index in [9.17, 15) is 15.0 Å². The summed E-state index contributed by atoms with van der Waals surface area (Å²) in [6.07, 6.45) is 3.51. The SMILES string of the molecule is Cc1c(OCC2CCC(O)CC2)ccc(OC(=O)c2ccc(O)cc2)c1C. The molecule has 2 aromatic carbocycles. The molecular formula is C22H26O5. The number of ether oxygens (including phenoxy) is 2. The van der Waals surface area contributed by atoms with Gasteiger partial charge in [0.15, 0.2) is 0 Å². The molecule has 0 bridgehead atoms. The Hall–Kier alpha value is -2.53. The molecule has 0 atom stereocenters. The third-order valence-corrected chi connectivity index (χ3v) is 5.28. The van der Waals surface area contributed by atoms with Crippen molar-refractivity contribution in [2.24, 2.45) is 5.92 Å². The molecule has 0 amide bonds. The lowest BCUT2D eigenvalue weighted by molar-refractivity contribution is 0.0732. The summed E-state index contributed by atoms with van der Waals surface area (Å²) in [4.78, 5) is 12.3. The number of benzene rings is 2. The first-order valence-electron chi connectivity index (χ1n) is 9.36. The standard InChI is InChI=1S/C22H26O5/c1-14-15(2)21(27-22(25)17-5-9-19(24)10-6-17)12-11-20(14)26-13-16-3-7-18(23)8-4-16/h5-6,9-12,16,18,23-24H,3-4,7-8,13H2,1-2H3. The predicted octanol–water partition coefficient (Wildman–Crippen LogP) is 4.16. The molecule has 0 aromatic heterocycles. The second-order valence-electron chi connectivity index (χ2n) is 7.23. The van der Waals surface area contributed by atoms with E-state index < -0.39 is 5.97 Å². The summed E-state index contributed by atoms with van der Waals surface area (Å²) in [5.41, 5.74) is 2.19. The number of hydrogen-bond acceptors (Lipinski definition) is 5. The van der Waals surface area contributed by atoms with Crippen molar-refractivity contribution in [3.63, 3.8) is 0 Å². The van der Waals surface area contributed by atoms with E-state index in [0.29, 0.717) is 23.8 Å². The molecule has 0 unspecified atom stereocenters. The van der Waals surface area contributed by atoms with Crippen molar-refractivity contribution in [2.45, 2.75) is 45.6 Å². The van der Waals surface area contributed by atoms with Gasteiger partial charge >= 0.3 is 5.97 Å². The molecule has 0 radical (unpaired) electrons. The molecule has 1 aliphatic rings. The maximum atomic E-state index is 12.3. The molecule has 2 N–H and O–H groups in total. The Morgan fingerprint density at radius 2 is 1.56 bits per heavy atom. The summed E-state index contributed by atoms with van der Waals surface area (Å²) >= 11 is 0. The summed E-state index contributed by atoms with van der Waals surface area (Å²) in [6, 6.07) is 9.54. The van der Waals surface area contributed by atoms with Gasteiger partial charge in [0.1, 0.15) is 17.2 Å². The topological polar surface area (TPSA) is 76.0 Å². The van der Waals surface area contributed by atoms with Crippen LogP contribution < -0.4 is 9.47 Å². The van der Waals surface area contributed by atoms with Crippen LogP contribution in [-0.4, -0.2) is 28.9 Å². The Labute approximate surface area is 159 Å². The third kappa shape index (κ3) is 4.80. The van der Waals surface area contributed by atoms with Crippen LogP contribution in [0.5, 0.6) is 17.2 Å². The molecule has 5 nitrogen and oxygen atoms in total. The van der Waals surface area contributed by atoms with Crippen molar-refractivity contribution < 1.29 is 24.5 Å². The van der Waals surface area contributed by atoms with E-state index in [1.54, 1.807) is 6.07 Å². The van der Waals surface area contributed by atoms with Gasteiger partial charge in [-0.3, -0.25) is 0 Å². The average molecular weight is 370 g/mol. The predicted molar refractivity (Wildman–Crippen MR) is 102 cm³/mol. The van der Waals surface area contributed by atoms with Gasteiger partial charge in [-0.1, -0.05) is 0 Å². The van der Waals surface area contributed by atoms with E-state index in [2.05, 4.69) is 0 Å². The minimum Gasteiger partial charge on any atom is -0.508 e. The first-order chi connectivity index (χ1) is 12.9. The largest absolute Gasteiger partial charge is 0.508 e. The number of hydrogen-bond donors (Lipinski definition) is 2. The maximum Gasteiger partial charge on any atom is 0.343 e. The summed E-state index contributed by atoms with van der Waals surface area (Å²) in [7, 11) is 0. The number of phenolic OH excluding ortho intramolecular Hbond substituents is 1. The molecule has 1 saturated carbocycles. The molecule has 27 heavy (non-hydrogen) atoms. The zero-order valence-electron chi connectivity index (χ0n) is 15.8. The zero-order valence-corrected chi connectivity index (χ0v) is 15.8. The molecule has 0 aliphatic heterocycles. The molecule has 0 spiro atoms. The monoisotopic (exact) mass is 370 g/mol. The van der Waals surface area contributed by atoms with Crippen LogP contribution in [0.4, 0.5) is 0 Å². The van der Waals surface area contributed by atoms with Gasteiger partial charge in [0.25, 0.3) is 0 Å². The smallest absolute Gasteiger partial charge is 0.343 e. The van der Waals surface area contributed by atoms with E-state index in [1.165, 1.54) is 24.3 Å². The number of esters is 1. The molecule has 3 rings (SSSR count). The molecular weight excluding hydrogens is 344 g/mol. The molecule has 0 heterocycles. The lowest BCUT2D eigenvalue weighted by Crippen LogP contribution is -2.22. The van der Waals surface area contributed by atoms with Crippen molar-refractivity contribution >= 4 is 5.97 Å². The number of carbonyl (C=O) groups excluding carboxylic acids is 1. The van der Waals surface area contributed by atoms with Gasteiger partial charge in [-0.05, 0) is 93.0 Å². The van der Waals surface area contributed by atoms with Crippen molar-refractivity contribution in [3.8, 4) is 17.2 Å². The van der Waals surface area contributed by atoms with Crippen LogP contribution in [0.3, 0.4) is 0 Å². The number of rotatable bonds is 5. The third-order valence-electron chi connectivity index (χ3n) is 5.28. The minimum absolute atomic E-state index is 0.104. The highest BCUT2D eigenvalue weighted by molar-refractivity contribution is 5.91. The second kappa shape index (κ2) is 8.44. The van der Waals surface area contributed by atoms with Gasteiger partial charge in [-0.2, -0.15) is 0 Å². The Bertz CT molecular complexity index is 789. The van der Waals surface area contributed by atoms with E-state index >= 15 is 0 Å². The zero-order chi connectivity index (χ0) is 19.4. The molecule has 0 saturated heterocycles. The van der Waals surface area contributed by atoms with E-state index in [1.807, 2.05) is 19.9 Å². The van der Waals surface area contributed by atoms with Gasteiger partial charge in [0.2, 0.25) is 0 Å². The number of aliphatic hydroxyl groups is 1. The Kier molecular flexibility index (Phi) is 6.01. The van der Waals surface area contributed by atoms with Crippen LogP contribution >= 0.6 is 0 Å². The number of carbonyl (C=O) groups is 1. The van der Waals surface area contributed by atoms with Crippen LogP contribution in [0, 0.1) is 19.8 Å². The van der Waals surface area contributed by atoms with E-state index in [-0.39, 0.29) is 11.9 Å². The van der Waals surface area contributed by atoms with Gasteiger partial charge in [0.05, 0.1) is 18.3 Å². The fraction of sp³-hybridized carbons (Fsp3) is 0.409. The molecule has 144 valence electrons. The first kappa shape index (κ1) is 19.2. The van der Waals surface area contributed by atoms with Crippen molar-refractivity contribution in [1.29, 1.82) is 0 Å². The quantitative estimate of drug-likeness (QED) is 0.611. The second-order valence-corrected chi connectivity index (χ2v) is 7.23. The highest BCUT2D eigenvalue weighted by Crippen LogP contribution is 2.31. The van der Waals surface area contributed by atoms with Gasteiger partial charge in [-0.25, -0.2) is 4.79 Å². The van der Waals surface area contributed by atoms with Gasteiger partial charge in [0, 0.05) is 0 Å². The first-order valence-corrected chi connectivity index (χ1v) is 9.36. The molecule has 5 heteroatoms. The van der Waals surface area contributed by atoms with Crippen LogP contribution in [-0.2, 0) is 0 Å². The van der Waals surface area contributed by atoms with Crippen LogP contribution in [0.2, 0.25) is 0 Å². The summed E-state index contributed by atoms with van der Waals surface area (Å²) in [5, 5.41) is 18.9. The number of phenols is 1. The summed E-state index contributed by atoms with van der Waals surface area (Å²) in [6.45, 7) is 4.49. The fourth-order valence-electron chi connectivity index (χ4n) is 3.31. The Balaban J connectivity index is 1.64. The lowest BCUT2D eigenvalue weighted by atomic mass is 9.88. The number of aromatic hydroxyl groups is 1. The Morgan fingerprint density at radius 3 is 2.22 bits per heavy atom. The van der Waals surface area contributed by atoms with Gasteiger partial charge < -0.3 is 19.7 Å². The molecule has 1 aliphatic carbocycles. The molecule has 2 aromatic rings. The normalized spacial score (nSPS) is 19.5. The highest BCUT2D eigenvalue weighted by Gasteiger charge is 2.20. The van der Waals surface area contributed by atoms with Crippen LogP contribution in [0.15, 0.2) is 36.4 Å². The van der Waals surface area contributed by atoms with E-state index in [4.69, 9.17) is 9.47 Å². The van der Waals surface area contributed by atoms with Crippen LogP contribution in [0.1, 0.15) is 47.2 Å². The van der Waals surface area contributed by atoms with Crippen molar-refractivity contribution in [1.82, 2.24) is 0 Å². The highest BCUT2D eigenvalue weighted by atomic mass is 16.5. The lowest BCUT2D eigenvalue weighted by Gasteiger charge is -2.25. The van der Waals surface area contributed by atoms with Crippen molar-refractivity contribution in [3.05, 3.63) is 53.1 Å². The summed E-state index contributed by atoms with van der Waals surface area (Å²) < 4.78 is 11.5. The average Bonchev–Trinajstić information content (AvgIpc) is 2.66. The molecule has 1 fully saturated rings. The Morgan fingerprint density at radius 1 is 0.963 bits per heavy atom. The maximum absolute atomic E-state index is 12.3. The van der Waals surface area contributed by atoms with E-state index in [0.717, 1.165) is 42.6 Å².